The first kappa shape index (κ1) is 14.7. The second-order valence-electron chi connectivity index (χ2n) is 3.86. The van der Waals surface area contributed by atoms with E-state index in [9.17, 15) is 9.59 Å². The minimum absolute atomic E-state index is 0.00705. The van der Waals surface area contributed by atoms with E-state index < -0.39 is 5.97 Å². The number of esters is 1. The molecule has 0 N–H and O–H groups in total. The van der Waals surface area contributed by atoms with Gasteiger partial charge in [-0.05, 0) is 19.8 Å². The Hall–Kier alpha value is -1.32. The molecule has 0 aliphatic carbocycles. The molecular formula is C12H21NO3. The summed E-state index contributed by atoms with van der Waals surface area (Å²) in [5.74, 6) is -0.561. The number of amides is 1. The lowest BCUT2D eigenvalue weighted by atomic mass is 10.1. The van der Waals surface area contributed by atoms with Crippen LogP contribution in [-0.2, 0) is 14.3 Å². The monoisotopic (exact) mass is 227 g/mol. The van der Waals surface area contributed by atoms with Gasteiger partial charge in [-0.1, -0.05) is 18.9 Å². The lowest BCUT2D eigenvalue weighted by Gasteiger charge is -2.13. The molecule has 0 aromatic heterocycles. The lowest BCUT2D eigenvalue weighted by Crippen LogP contribution is -2.31. The van der Waals surface area contributed by atoms with E-state index in [2.05, 4.69) is 11.7 Å². The van der Waals surface area contributed by atoms with Gasteiger partial charge in [0.05, 0.1) is 7.11 Å². The minimum atomic E-state index is -0.407. The van der Waals surface area contributed by atoms with Crippen LogP contribution in [-0.4, -0.2) is 37.5 Å². The van der Waals surface area contributed by atoms with Gasteiger partial charge in [-0.3, -0.25) is 9.59 Å². The van der Waals surface area contributed by atoms with Gasteiger partial charge in [-0.2, -0.15) is 0 Å². The van der Waals surface area contributed by atoms with Crippen molar-refractivity contribution in [2.75, 3.05) is 20.7 Å². The van der Waals surface area contributed by atoms with Gasteiger partial charge >= 0.3 is 5.97 Å². The minimum Gasteiger partial charge on any atom is -0.468 e. The number of nitrogens with zero attached hydrogens (tertiary/aromatic N) is 1. The molecular weight excluding hydrogens is 206 g/mol. The number of likely N-dealkylation sites (N-methyl/N-ethyl adjacent to an activating group) is 1. The highest BCUT2D eigenvalue weighted by Gasteiger charge is 2.10. The molecule has 0 heterocycles. The molecule has 0 fully saturated rings. The summed E-state index contributed by atoms with van der Waals surface area (Å²) in [5.41, 5.74) is 1.04. The van der Waals surface area contributed by atoms with Gasteiger partial charge in [0.1, 0.15) is 6.54 Å². The van der Waals surface area contributed by atoms with E-state index in [4.69, 9.17) is 0 Å². The molecule has 0 unspecified atom stereocenters. The molecule has 4 nitrogen and oxygen atoms in total. The first-order valence-corrected chi connectivity index (χ1v) is 5.50. The highest BCUT2D eigenvalue weighted by molar-refractivity contribution is 5.90. The van der Waals surface area contributed by atoms with Crippen molar-refractivity contribution < 1.29 is 14.3 Å². The van der Waals surface area contributed by atoms with E-state index in [0.29, 0.717) is 0 Å². The maximum atomic E-state index is 11.6. The third kappa shape index (κ3) is 6.22. The Labute approximate surface area is 97.3 Å². The Morgan fingerprint density at radius 2 is 2.00 bits per heavy atom. The summed E-state index contributed by atoms with van der Waals surface area (Å²) in [6.07, 6.45) is 4.70. The topological polar surface area (TPSA) is 46.6 Å². The second kappa shape index (κ2) is 7.91. The maximum absolute atomic E-state index is 11.6. The molecule has 0 aliphatic rings. The molecule has 0 radical (unpaired) electrons. The predicted molar refractivity (Wildman–Crippen MR) is 62.9 cm³/mol. The van der Waals surface area contributed by atoms with Gasteiger partial charge in [-0.25, -0.2) is 0 Å². The number of allylic oxidation sites excluding steroid dienone is 1. The molecule has 16 heavy (non-hydrogen) atoms. The number of methoxy groups -OCH3 is 1. The van der Waals surface area contributed by atoms with Crippen LogP contribution in [0, 0.1) is 0 Å². The van der Waals surface area contributed by atoms with E-state index in [1.807, 2.05) is 6.92 Å². The smallest absolute Gasteiger partial charge is 0.325 e. The summed E-state index contributed by atoms with van der Waals surface area (Å²) in [5, 5.41) is 0. The summed E-state index contributed by atoms with van der Waals surface area (Å²) in [6.45, 7) is 4.03. The molecule has 0 saturated carbocycles. The Kier molecular flexibility index (Phi) is 7.25. The lowest BCUT2D eigenvalue weighted by molar-refractivity contribution is -0.144. The molecule has 0 atom stereocenters. The Morgan fingerprint density at radius 3 is 2.50 bits per heavy atom. The van der Waals surface area contributed by atoms with Crippen LogP contribution in [0.1, 0.15) is 33.1 Å². The zero-order chi connectivity index (χ0) is 12.6. The summed E-state index contributed by atoms with van der Waals surface area (Å²) in [6, 6.07) is 0. The zero-order valence-electron chi connectivity index (χ0n) is 10.6. The van der Waals surface area contributed by atoms with Crippen LogP contribution in [0.15, 0.2) is 11.6 Å². The Bertz CT molecular complexity index is 271. The normalized spacial score (nSPS) is 11.1. The van der Waals surface area contributed by atoms with Crippen LogP contribution in [0.5, 0.6) is 0 Å². The number of hydrogen-bond acceptors (Lipinski definition) is 3. The van der Waals surface area contributed by atoms with Crippen molar-refractivity contribution in [1.29, 1.82) is 0 Å². The van der Waals surface area contributed by atoms with Gasteiger partial charge in [0.25, 0.3) is 0 Å². The zero-order valence-corrected chi connectivity index (χ0v) is 10.6. The van der Waals surface area contributed by atoms with Crippen molar-refractivity contribution in [3.8, 4) is 0 Å². The van der Waals surface area contributed by atoms with Crippen molar-refractivity contribution in [1.82, 2.24) is 4.90 Å². The molecule has 0 bridgehead atoms. The van der Waals surface area contributed by atoms with E-state index in [1.165, 1.54) is 12.0 Å². The van der Waals surface area contributed by atoms with E-state index in [1.54, 1.807) is 13.1 Å². The Morgan fingerprint density at radius 1 is 1.38 bits per heavy atom. The molecule has 0 aromatic carbocycles. The van der Waals surface area contributed by atoms with Gasteiger partial charge < -0.3 is 9.64 Å². The molecule has 0 aromatic rings. The van der Waals surface area contributed by atoms with Crippen LogP contribution < -0.4 is 0 Å². The third-order valence-corrected chi connectivity index (χ3v) is 2.26. The van der Waals surface area contributed by atoms with Crippen molar-refractivity contribution in [2.24, 2.45) is 0 Å². The fraction of sp³-hybridized carbons (Fsp3) is 0.667. The molecule has 92 valence electrons. The quantitative estimate of drug-likeness (QED) is 0.513. The van der Waals surface area contributed by atoms with Crippen LogP contribution in [0.3, 0.4) is 0 Å². The maximum Gasteiger partial charge on any atom is 0.325 e. The molecule has 4 heteroatoms. The first-order chi connectivity index (χ1) is 7.51. The van der Waals surface area contributed by atoms with Crippen molar-refractivity contribution in [2.45, 2.75) is 33.1 Å². The van der Waals surface area contributed by atoms with Crippen molar-refractivity contribution >= 4 is 11.9 Å². The Balaban J connectivity index is 4.17. The molecule has 1 amide bonds. The average Bonchev–Trinajstić information content (AvgIpc) is 2.25. The standard InChI is InChI=1S/C12H21NO3/c1-5-6-7-10(2)8-11(14)13(3)9-12(15)16-4/h8H,5-7,9H2,1-4H3/b10-8+. The van der Waals surface area contributed by atoms with Crippen LogP contribution in [0.4, 0.5) is 0 Å². The number of ether oxygens (including phenoxy) is 1. The van der Waals surface area contributed by atoms with Crippen LogP contribution in [0.2, 0.25) is 0 Å². The van der Waals surface area contributed by atoms with Crippen LogP contribution in [0.25, 0.3) is 0 Å². The number of hydrogen-bond donors (Lipinski definition) is 0. The fourth-order valence-corrected chi connectivity index (χ4v) is 1.18. The molecule has 0 rings (SSSR count). The fourth-order valence-electron chi connectivity index (χ4n) is 1.18. The van der Waals surface area contributed by atoms with Crippen molar-refractivity contribution in [3.63, 3.8) is 0 Å². The van der Waals surface area contributed by atoms with E-state index in [-0.39, 0.29) is 12.5 Å². The largest absolute Gasteiger partial charge is 0.468 e. The number of unbranched alkanes of at least 4 members (excludes halogenated alkanes) is 1. The average molecular weight is 227 g/mol. The molecule has 0 aliphatic heterocycles. The van der Waals surface area contributed by atoms with E-state index >= 15 is 0 Å². The van der Waals surface area contributed by atoms with Gasteiger partial charge in [0, 0.05) is 13.1 Å². The highest BCUT2D eigenvalue weighted by atomic mass is 16.5. The number of carbonyl (C=O) groups is 2. The van der Waals surface area contributed by atoms with Gasteiger partial charge in [-0.15, -0.1) is 0 Å². The first-order valence-electron chi connectivity index (χ1n) is 5.50. The predicted octanol–water partition coefficient (Wildman–Crippen LogP) is 1.75. The van der Waals surface area contributed by atoms with E-state index in [0.717, 1.165) is 24.8 Å². The SMILES string of the molecule is CCCC/C(C)=C/C(=O)N(C)CC(=O)OC. The van der Waals surface area contributed by atoms with Crippen molar-refractivity contribution in [3.05, 3.63) is 11.6 Å². The summed E-state index contributed by atoms with van der Waals surface area (Å²) >= 11 is 0. The summed E-state index contributed by atoms with van der Waals surface area (Å²) in [4.78, 5) is 23.9. The molecule has 0 saturated heterocycles. The number of rotatable bonds is 6. The molecule has 0 spiro atoms. The summed E-state index contributed by atoms with van der Waals surface area (Å²) < 4.78 is 4.49. The highest BCUT2D eigenvalue weighted by Crippen LogP contribution is 2.06. The number of carbonyl (C=O) groups excluding carboxylic acids is 2. The van der Waals surface area contributed by atoms with Gasteiger partial charge in [0.2, 0.25) is 5.91 Å². The summed E-state index contributed by atoms with van der Waals surface area (Å²) in [7, 11) is 2.89. The van der Waals surface area contributed by atoms with Crippen LogP contribution >= 0.6 is 0 Å². The second-order valence-corrected chi connectivity index (χ2v) is 3.86. The van der Waals surface area contributed by atoms with Gasteiger partial charge in [0.15, 0.2) is 0 Å². The third-order valence-electron chi connectivity index (χ3n) is 2.26.